The minimum absolute atomic E-state index is 0.168. The van der Waals surface area contributed by atoms with Gasteiger partial charge in [0.1, 0.15) is 18.1 Å². The Bertz CT molecular complexity index is 1220. The van der Waals surface area contributed by atoms with E-state index in [9.17, 15) is 14.7 Å². The molecule has 0 saturated heterocycles. The van der Waals surface area contributed by atoms with E-state index in [0.29, 0.717) is 38.7 Å². The summed E-state index contributed by atoms with van der Waals surface area (Å²) in [5, 5.41) is 12.4. The van der Waals surface area contributed by atoms with E-state index < -0.39 is 12.1 Å². The van der Waals surface area contributed by atoms with Gasteiger partial charge < -0.3 is 29.5 Å². The Balaban J connectivity index is 1.56. The van der Waals surface area contributed by atoms with Gasteiger partial charge >= 0.3 is 12.0 Å². The fraction of sp³-hybridized carbons (Fsp3) is 0.394. The number of aryl methyl sites for hydroxylation is 3. The van der Waals surface area contributed by atoms with Gasteiger partial charge in [0, 0.05) is 25.3 Å². The topological polar surface area (TPSA) is 97.3 Å². The van der Waals surface area contributed by atoms with Crippen molar-refractivity contribution >= 4 is 17.7 Å². The molecule has 8 heteroatoms. The van der Waals surface area contributed by atoms with E-state index in [1.165, 1.54) is 0 Å². The third-order valence-corrected chi connectivity index (χ3v) is 6.65. The molecule has 0 radical (unpaired) electrons. The maximum Gasteiger partial charge on any atom is 0.333 e. The molecule has 0 aliphatic rings. The number of unbranched alkanes of at least 4 members (excludes halogenated alkanes) is 1. The number of carboxylic acids is 1. The number of carboxylic acid groups (broad SMARTS) is 1. The fourth-order valence-corrected chi connectivity index (χ4v) is 4.62. The van der Waals surface area contributed by atoms with Gasteiger partial charge in [0.05, 0.1) is 13.2 Å². The highest BCUT2D eigenvalue weighted by atomic mass is 16.5. The van der Waals surface area contributed by atoms with Gasteiger partial charge in [-0.05, 0) is 81.5 Å². The summed E-state index contributed by atoms with van der Waals surface area (Å²) in [5.41, 5.74) is 4.89. The average Bonchev–Trinajstić information content (AvgIpc) is 2.94. The van der Waals surface area contributed by atoms with E-state index in [2.05, 4.69) is 17.4 Å². The lowest BCUT2D eigenvalue weighted by atomic mass is 10.1. The molecule has 1 atom stereocenters. The number of nitrogens with one attached hydrogen (secondary N) is 1. The van der Waals surface area contributed by atoms with Crippen LogP contribution in [0.1, 0.15) is 42.0 Å². The molecule has 2 amide bonds. The van der Waals surface area contributed by atoms with Crippen molar-refractivity contribution < 1.29 is 28.9 Å². The summed E-state index contributed by atoms with van der Waals surface area (Å²) in [6.07, 6.45) is 0.995. The molecule has 1 unspecified atom stereocenters. The first-order valence-electron chi connectivity index (χ1n) is 14.1. The zero-order valence-corrected chi connectivity index (χ0v) is 24.5. The Morgan fingerprint density at radius 2 is 1.49 bits per heavy atom. The van der Waals surface area contributed by atoms with E-state index in [1.807, 2.05) is 75.4 Å². The van der Waals surface area contributed by atoms with Gasteiger partial charge in [0.15, 0.2) is 6.10 Å². The summed E-state index contributed by atoms with van der Waals surface area (Å²) >= 11 is 0. The van der Waals surface area contributed by atoms with Gasteiger partial charge in [-0.2, -0.15) is 0 Å². The zero-order valence-electron chi connectivity index (χ0n) is 24.5. The van der Waals surface area contributed by atoms with Crippen molar-refractivity contribution in [3.63, 3.8) is 0 Å². The van der Waals surface area contributed by atoms with Gasteiger partial charge in [0.25, 0.3) is 0 Å². The second-order valence-corrected chi connectivity index (χ2v) is 10.0. The van der Waals surface area contributed by atoms with Gasteiger partial charge in [-0.15, -0.1) is 0 Å². The highest BCUT2D eigenvalue weighted by Crippen LogP contribution is 2.22. The Morgan fingerprint density at radius 3 is 2.12 bits per heavy atom. The number of amides is 2. The quantitative estimate of drug-likeness (QED) is 0.196. The molecule has 0 spiro atoms. The van der Waals surface area contributed by atoms with Crippen molar-refractivity contribution in [2.45, 2.75) is 53.1 Å². The smallest absolute Gasteiger partial charge is 0.333 e. The molecule has 0 aliphatic carbocycles. The van der Waals surface area contributed by atoms with E-state index >= 15 is 0 Å². The molecule has 0 aliphatic heterocycles. The number of urea groups is 1. The summed E-state index contributed by atoms with van der Waals surface area (Å²) in [6, 6.07) is 21.0. The largest absolute Gasteiger partial charge is 0.494 e. The second-order valence-electron chi connectivity index (χ2n) is 10.0. The van der Waals surface area contributed by atoms with Crippen LogP contribution >= 0.6 is 0 Å². The summed E-state index contributed by atoms with van der Waals surface area (Å²) in [7, 11) is 0. The van der Waals surface area contributed by atoms with Gasteiger partial charge in [-0.25, -0.2) is 9.59 Å². The number of anilines is 1. The number of rotatable bonds is 16. The van der Waals surface area contributed by atoms with E-state index in [1.54, 1.807) is 11.8 Å². The molecule has 220 valence electrons. The van der Waals surface area contributed by atoms with Crippen LogP contribution in [0.5, 0.6) is 11.5 Å². The molecular formula is C33H42N2O6. The molecule has 2 N–H and O–H groups in total. The van der Waals surface area contributed by atoms with E-state index in [-0.39, 0.29) is 12.5 Å². The molecule has 8 nitrogen and oxygen atoms in total. The molecule has 0 saturated carbocycles. The van der Waals surface area contributed by atoms with Crippen LogP contribution in [0.25, 0.3) is 0 Å². The van der Waals surface area contributed by atoms with Crippen LogP contribution in [-0.4, -0.2) is 61.0 Å². The number of para-hydroxylation sites is 1. The first kappa shape index (κ1) is 31.5. The van der Waals surface area contributed by atoms with Crippen LogP contribution in [0, 0.1) is 20.8 Å². The summed E-state index contributed by atoms with van der Waals surface area (Å²) in [4.78, 5) is 26.5. The molecule has 41 heavy (non-hydrogen) atoms. The first-order chi connectivity index (χ1) is 19.8. The number of carbonyl (C=O) groups excluding carboxylic acids is 1. The first-order valence-corrected chi connectivity index (χ1v) is 14.1. The number of ether oxygens (including phenoxy) is 3. The number of hydrogen-bond donors (Lipinski definition) is 2. The van der Waals surface area contributed by atoms with Gasteiger partial charge in [0.2, 0.25) is 0 Å². The molecule has 3 aromatic rings. The Hall–Kier alpha value is -4.04. The van der Waals surface area contributed by atoms with Crippen molar-refractivity contribution in [3.05, 3.63) is 89.0 Å². The van der Waals surface area contributed by atoms with Crippen LogP contribution < -0.4 is 14.8 Å². The lowest BCUT2D eigenvalue weighted by molar-refractivity contribution is -0.149. The minimum Gasteiger partial charge on any atom is -0.494 e. The van der Waals surface area contributed by atoms with Crippen molar-refractivity contribution in [2.24, 2.45) is 0 Å². The molecular weight excluding hydrogens is 520 g/mol. The number of hydrogen-bond acceptors (Lipinski definition) is 5. The molecule has 0 bridgehead atoms. The lowest BCUT2D eigenvalue weighted by Crippen LogP contribution is -2.39. The third-order valence-electron chi connectivity index (χ3n) is 6.65. The predicted molar refractivity (Wildman–Crippen MR) is 161 cm³/mol. The number of benzene rings is 3. The highest BCUT2D eigenvalue weighted by molar-refractivity contribution is 5.91. The van der Waals surface area contributed by atoms with Crippen molar-refractivity contribution in [1.82, 2.24) is 4.90 Å². The number of nitrogens with zero attached hydrogens (tertiary/aromatic N) is 1. The van der Waals surface area contributed by atoms with Crippen LogP contribution in [0.4, 0.5) is 10.5 Å². The summed E-state index contributed by atoms with van der Waals surface area (Å²) in [6.45, 7) is 10.0. The predicted octanol–water partition coefficient (Wildman–Crippen LogP) is 6.42. The van der Waals surface area contributed by atoms with Crippen molar-refractivity contribution in [2.75, 3.05) is 38.2 Å². The Labute approximate surface area is 243 Å². The summed E-state index contributed by atoms with van der Waals surface area (Å²) in [5.74, 6) is 0.510. The number of aliphatic carboxylic acids is 1. The van der Waals surface area contributed by atoms with Gasteiger partial charge in [-0.1, -0.05) is 48.0 Å². The molecule has 0 heterocycles. The molecule has 3 rings (SSSR count). The minimum atomic E-state index is -0.979. The monoisotopic (exact) mass is 562 g/mol. The van der Waals surface area contributed by atoms with Crippen LogP contribution in [0.15, 0.2) is 66.7 Å². The maximum atomic E-state index is 13.4. The SMILES string of the molecule is CCOC(Cc1ccc(OCCN(CCCCOc2ccccc2)C(=O)Nc2c(C)cc(C)cc2C)cc1)C(=O)O. The highest BCUT2D eigenvalue weighted by Gasteiger charge is 2.18. The average molecular weight is 563 g/mol. The fourth-order valence-electron chi connectivity index (χ4n) is 4.62. The summed E-state index contributed by atoms with van der Waals surface area (Å²) < 4.78 is 17.1. The van der Waals surface area contributed by atoms with Crippen molar-refractivity contribution in [1.29, 1.82) is 0 Å². The van der Waals surface area contributed by atoms with Crippen LogP contribution in [-0.2, 0) is 16.0 Å². The molecule has 0 aromatic heterocycles. The number of carbonyl (C=O) groups is 2. The lowest BCUT2D eigenvalue weighted by Gasteiger charge is -2.24. The van der Waals surface area contributed by atoms with E-state index in [4.69, 9.17) is 14.2 Å². The Morgan fingerprint density at radius 1 is 0.854 bits per heavy atom. The zero-order chi connectivity index (χ0) is 29.6. The molecule has 3 aromatic carbocycles. The van der Waals surface area contributed by atoms with Gasteiger partial charge in [-0.3, -0.25) is 0 Å². The maximum absolute atomic E-state index is 13.4. The second kappa shape index (κ2) is 16.3. The standard InChI is InChI=1S/C33H42N2O6/c1-5-39-30(32(36)37)23-27-13-15-29(16-14-27)41-20-18-35(17-9-10-19-40-28-11-7-6-8-12-28)33(38)34-31-25(3)21-24(2)22-26(31)4/h6-8,11-16,21-22,30H,5,9-10,17-20,23H2,1-4H3,(H,34,38)(H,36,37). The van der Waals surface area contributed by atoms with E-state index in [0.717, 1.165) is 46.5 Å². The normalized spacial score (nSPS) is 11.5. The van der Waals surface area contributed by atoms with Crippen LogP contribution in [0.3, 0.4) is 0 Å². The third kappa shape index (κ3) is 10.5. The van der Waals surface area contributed by atoms with Crippen LogP contribution in [0.2, 0.25) is 0 Å². The Kier molecular flexibility index (Phi) is 12.5. The molecule has 0 fully saturated rings. The van der Waals surface area contributed by atoms with Crippen molar-refractivity contribution in [3.8, 4) is 11.5 Å².